The van der Waals surface area contributed by atoms with E-state index in [0.717, 1.165) is 11.6 Å². The molecule has 2 rings (SSSR count). The molecule has 4 nitrogen and oxygen atoms in total. The monoisotopic (exact) mass is 372 g/mol. The summed E-state index contributed by atoms with van der Waals surface area (Å²) in [5, 5.41) is 0. The molecule has 25 heavy (non-hydrogen) atoms. The van der Waals surface area contributed by atoms with E-state index >= 15 is 0 Å². The van der Waals surface area contributed by atoms with Crippen molar-refractivity contribution in [2.45, 2.75) is 37.3 Å². The molecule has 0 heterocycles. The second-order valence-electron chi connectivity index (χ2n) is 6.68. The lowest BCUT2D eigenvalue weighted by atomic mass is 9.87. The highest BCUT2D eigenvalue weighted by atomic mass is 32.2. The molecule has 0 unspecified atom stereocenters. The van der Waals surface area contributed by atoms with Crippen LogP contribution in [-0.4, -0.2) is 8.42 Å². The summed E-state index contributed by atoms with van der Waals surface area (Å²) in [5.41, 5.74) is 4.35. The number of nitrogens with one attached hydrogen (secondary N) is 1. The Kier molecular flexibility index (Phi) is 4.78. The molecule has 0 aliphatic carbocycles. The Hall–Kier alpha value is -2.22. The summed E-state index contributed by atoms with van der Waals surface area (Å²) in [7, 11) is -4.01. The normalized spacial score (nSPS) is 12.9. The van der Waals surface area contributed by atoms with Crippen molar-refractivity contribution in [3.63, 3.8) is 0 Å². The van der Waals surface area contributed by atoms with E-state index < -0.39 is 27.5 Å². The molecule has 0 amide bonds. The van der Waals surface area contributed by atoms with Crippen LogP contribution < -0.4 is 10.5 Å². The standard InChI is InChI=1S/C17H19F3N2O2S/c1-16(2,3)11-4-7-13(8-5-11)25(23,24)22-12-6-9-15(21)14(10-12)17(18,19)20/h4-10,22H,21H2,1-3H3. The maximum Gasteiger partial charge on any atom is 0.418 e. The first kappa shape index (κ1) is 19.1. The van der Waals surface area contributed by atoms with E-state index in [9.17, 15) is 21.6 Å². The van der Waals surface area contributed by atoms with Gasteiger partial charge in [0.2, 0.25) is 0 Å². The summed E-state index contributed by atoms with van der Waals surface area (Å²) in [6.45, 7) is 5.96. The van der Waals surface area contributed by atoms with Gasteiger partial charge >= 0.3 is 6.18 Å². The lowest BCUT2D eigenvalue weighted by Gasteiger charge is -2.19. The Balaban J connectivity index is 2.33. The molecule has 0 aromatic heterocycles. The van der Waals surface area contributed by atoms with E-state index in [4.69, 9.17) is 5.73 Å². The van der Waals surface area contributed by atoms with E-state index in [0.29, 0.717) is 6.07 Å². The molecular weight excluding hydrogens is 353 g/mol. The topological polar surface area (TPSA) is 72.2 Å². The van der Waals surface area contributed by atoms with Crippen molar-refractivity contribution in [1.82, 2.24) is 0 Å². The number of hydrogen-bond acceptors (Lipinski definition) is 3. The van der Waals surface area contributed by atoms with E-state index in [2.05, 4.69) is 4.72 Å². The van der Waals surface area contributed by atoms with E-state index in [1.807, 2.05) is 20.8 Å². The zero-order valence-corrected chi connectivity index (χ0v) is 14.8. The van der Waals surface area contributed by atoms with E-state index in [-0.39, 0.29) is 16.0 Å². The molecular formula is C17H19F3N2O2S. The molecule has 0 aliphatic heterocycles. The number of hydrogen-bond donors (Lipinski definition) is 2. The first-order valence-corrected chi connectivity index (χ1v) is 8.89. The smallest absolute Gasteiger partial charge is 0.398 e. The average Bonchev–Trinajstić information content (AvgIpc) is 2.47. The Morgan fingerprint density at radius 2 is 1.52 bits per heavy atom. The minimum Gasteiger partial charge on any atom is -0.398 e. The summed E-state index contributed by atoms with van der Waals surface area (Å²) in [4.78, 5) is -0.0362. The predicted octanol–water partition coefficient (Wildman–Crippen LogP) is 4.39. The molecule has 0 saturated heterocycles. The van der Waals surface area contributed by atoms with Crippen molar-refractivity contribution in [3.05, 3.63) is 53.6 Å². The Morgan fingerprint density at radius 3 is 2.00 bits per heavy atom. The van der Waals surface area contributed by atoms with Gasteiger partial charge < -0.3 is 5.73 Å². The average molecular weight is 372 g/mol. The number of rotatable bonds is 3. The van der Waals surface area contributed by atoms with Crippen LogP contribution in [0.1, 0.15) is 31.9 Å². The summed E-state index contributed by atoms with van der Waals surface area (Å²) < 4.78 is 65.6. The zero-order chi connectivity index (χ0) is 19.0. The van der Waals surface area contributed by atoms with Gasteiger partial charge in [0, 0.05) is 11.4 Å². The number of halogens is 3. The first-order valence-electron chi connectivity index (χ1n) is 7.41. The molecule has 2 aromatic rings. The van der Waals surface area contributed by atoms with Gasteiger partial charge in [-0.2, -0.15) is 13.2 Å². The molecule has 0 atom stereocenters. The van der Waals surface area contributed by atoms with Crippen molar-refractivity contribution in [3.8, 4) is 0 Å². The molecule has 0 fully saturated rings. The van der Waals surface area contributed by atoms with Crippen molar-refractivity contribution in [1.29, 1.82) is 0 Å². The fraction of sp³-hybridized carbons (Fsp3) is 0.294. The number of benzene rings is 2. The maximum atomic E-state index is 12.9. The van der Waals surface area contributed by atoms with Crippen LogP contribution in [0, 0.1) is 0 Å². The van der Waals surface area contributed by atoms with Crippen molar-refractivity contribution in [2.24, 2.45) is 0 Å². The van der Waals surface area contributed by atoms with Crippen molar-refractivity contribution < 1.29 is 21.6 Å². The summed E-state index contributed by atoms with van der Waals surface area (Å²) in [6, 6.07) is 9.08. The molecule has 0 aliphatic rings. The fourth-order valence-electron chi connectivity index (χ4n) is 2.21. The highest BCUT2D eigenvalue weighted by Gasteiger charge is 2.33. The van der Waals surface area contributed by atoms with Gasteiger partial charge in [0.25, 0.3) is 10.0 Å². The summed E-state index contributed by atoms with van der Waals surface area (Å²) in [6.07, 6.45) is -4.67. The molecule has 0 spiro atoms. The Bertz CT molecular complexity index is 868. The first-order chi connectivity index (χ1) is 11.3. The third-order valence-electron chi connectivity index (χ3n) is 3.64. The van der Waals surface area contributed by atoms with Crippen LogP contribution in [0.3, 0.4) is 0 Å². The van der Waals surface area contributed by atoms with Crippen LogP contribution in [0.4, 0.5) is 24.5 Å². The van der Waals surface area contributed by atoms with Gasteiger partial charge in [-0.25, -0.2) is 8.42 Å². The maximum absolute atomic E-state index is 12.9. The highest BCUT2D eigenvalue weighted by molar-refractivity contribution is 7.92. The second kappa shape index (κ2) is 6.25. The van der Waals surface area contributed by atoms with Crippen LogP contribution >= 0.6 is 0 Å². The quantitative estimate of drug-likeness (QED) is 0.785. The minimum absolute atomic E-state index is 0.0362. The van der Waals surface area contributed by atoms with Crippen LogP contribution in [0.25, 0.3) is 0 Å². The van der Waals surface area contributed by atoms with Gasteiger partial charge in [-0.05, 0) is 41.3 Å². The number of anilines is 2. The third kappa shape index (κ3) is 4.45. The van der Waals surface area contributed by atoms with Gasteiger partial charge in [-0.3, -0.25) is 4.72 Å². The molecule has 8 heteroatoms. The summed E-state index contributed by atoms with van der Waals surface area (Å²) in [5.74, 6) is 0. The van der Waals surface area contributed by atoms with Gasteiger partial charge in [0.15, 0.2) is 0 Å². The van der Waals surface area contributed by atoms with Crippen LogP contribution in [0.5, 0.6) is 0 Å². The number of alkyl halides is 3. The van der Waals surface area contributed by atoms with Crippen LogP contribution in [0.2, 0.25) is 0 Å². The lowest BCUT2D eigenvalue weighted by Crippen LogP contribution is -2.16. The number of sulfonamides is 1. The number of nitrogens with two attached hydrogens (primary N) is 1. The highest BCUT2D eigenvalue weighted by Crippen LogP contribution is 2.35. The van der Waals surface area contributed by atoms with Gasteiger partial charge in [-0.15, -0.1) is 0 Å². The zero-order valence-electron chi connectivity index (χ0n) is 14.0. The van der Waals surface area contributed by atoms with Gasteiger partial charge in [0.1, 0.15) is 0 Å². The van der Waals surface area contributed by atoms with Crippen LogP contribution in [-0.2, 0) is 21.6 Å². The third-order valence-corrected chi connectivity index (χ3v) is 5.04. The van der Waals surface area contributed by atoms with Crippen LogP contribution in [0.15, 0.2) is 47.4 Å². The summed E-state index contributed by atoms with van der Waals surface area (Å²) >= 11 is 0. The molecule has 0 radical (unpaired) electrons. The molecule has 136 valence electrons. The van der Waals surface area contributed by atoms with Gasteiger partial charge in [0.05, 0.1) is 10.5 Å². The fourth-order valence-corrected chi connectivity index (χ4v) is 3.26. The number of nitrogen functional groups attached to an aromatic ring is 1. The molecule has 0 bridgehead atoms. The Labute approximate surface area is 144 Å². The van der Waals surface area contributed by atoms with Crippen molar-refractivity contribution >= 4 is 21.4 Å². The lowest BCUT2D eigenvalue weighted by molar-refractivity contribution is -0.136. The second-order valence-corrected chi connectivity index (χ2v) is 8.36. The predicted molar refractivity (Wildman–Crippen MR) is 91.8 cm³/mol. The molecule has 0 saturated carbocycles. The molecule has 2 aromatic carbocycles. The van der Waals surface area contributed by atoms with Gasteiger partial charge in [-0.1, -0.05) is 32.9 Å². The van der Waals surface area contributed by atoms with Crippen molar-refractivity contribution in [2.75, 3.05) is 10.5 Å². The van der Waals surface area contributed by atoms with E-state index in [1.165, 1.54) is 18.2 Å². The largest absolute Gasteiger partial charge is 0.418 e. The van der Waals surface area contributed by atoms with E-state index in [1.54, 1.807) is 12.1 Å². The SMILES string of the molecule is CC(C)(C)c1ccc(S(=O)(=O)Nc2ccc(N)c(C(F)(F)F)c2)cc1. The Morgan fingerprint density at radius 1 is 0.960 bits per heavy atom. The molecule has 3 N–H and O–H groups in total. The minimum atomic E-state index is -4.67.